The van der Waals surface area contributed by atoms with Crippen LogP contribution in [0.15, 0.2) is 104 Å². The molecule has 0 aliphatic rings. The van der Waals surface area contributed by atoms with Gasteiger partial charge in [-0.1, -0.05) is 70.9 Å². The smallest absolute Gasteiger partial charge is 0.137 e. The number of hydrogen-bond acceptors (Lipinski definition) is 3. The van der Waals surface area contributed by atoms with E-state index in [0.29, 0.717) is 0 Å². The molecule has 0 radical (unpaired) electrons. The van der Waals surface area contributed by atoms with Gasteiger partial charge in [0.15, 0.2) is 0 Å². The first kappa shape index (κ1) is 31.4. The van der Waals surface area contributed by atoms with Crippen molar-refractivity contribution in [3.63, 3.8) is 0 Å². The molecule has 0 aliphatic carbocycles. The van der Waals surface area contributed by atoms with Gasteiger partial charge in [-0.15, -0.1) is 0 Å². The molecule has 0 saturated carbocycles. The lowest BCUT2D eigenvalue weighted by atomic mass is 9.84. The Hall–Kier alpha value is -5.16. The highest BCUT2D eigenvalue weighted by molar-refractivity contribution is 6.09. The third kappa shape index (κ3) is 5.79. The highest BCUT2D eigenvalue weighted by Gasteiger charge is 2.19. The number of pyridine rings is 1. The van der Waals surface area contributed by atoms with Crippen LogP contribution in [-0.2, 0) is 25.7 Å². The second-order valence-electron chi connectivity index (χ2n) is 12.7. The normalized spacial score (nSPS) is 11.5. The zero-order valence-electron chi connectivity index (χ0n) is 28.8. The van der Waals surface area contributed by atoms with Gasteiger partial charge in [0.2, 0.25) is 0 Å². The Morgan fingerprint density at radius 3 is 2.15 bits per heavy atom. The molecule has 0 amide bonds. The molecular formula is C43H44N4O. The monoisotopic (exact) mass is 632 g/mol. The van der Waals surface area contributed by atoms with Gasteiger partial charge >= 0.3 is 0 Å². The summed E-state index contributed by atoms with van der Waals surface area (Å²) in [7, 11) is 0. The molecule has 0 atom stereocenters. The Morgan fingerprint density at radius 1 is 0.688 bits per heavy atom. The minimum absolute atomic E-state index is 0.763. The summed E-state index contributed by atoms with van der Waals surface area (Å²) in [6.07, 6.45) is 12.6. The van der Waals surface area contributed by atoms with Gasteiger partial charge in [0.1, 0.15) is 17.3 Å². The highest BCUT2D eigenvalue weighted by Crippen LogP contribution is 2.37. The summed E-state index contributed by atoms with van der Waals surface area (Å²) in [5.41, 5.74) is 12.8. The minimum atomic E-state index is 0.763. The molecule has 242 valence electrons. The van der Waals surface area contributed by atoms with Gasteiger partial charge in [-0.2, -0.15) is 5.10 Å². The minimum Gasteiger partial charge on any atom is -0.457 e. The molecule has 0 saturated heterocycles. The summed E-state index contributed by atoms with van der Waals surface area (Å²) in [6, 6.07) is 29.7. The average molecular weight is 633 g/mol. The number of benzene rings is 4. The molecule has 0 spiro atoms. The van der Waals surface area contributed by atoms with Gasteiger partial charge < -0.3 is 4.74 Å². The van der Waals surface area contributed by atoms with Crippen molar-refractivity contribution in [2.75, 3.05) is 0 Å². The van der Waals surface area contributed by atoms with Gasteiger partial charge in [0.05, 0.1) is 22.9 Å². The molecule has 7 aromatic rings. The number of aryl methyl sites for hydroxylation is 3. The maximum atomic E-state index is 6.53. The van der Waals surface area contributed by atoms with Crippen LogP contribution >= 0.6 is 0 Å². The van der Waals surface area contributed by atoms with Crippen LogP contribution in [0.3, 0.4) is 0 Å². The fourth-order valence-corrected chi connectivity index (χ4v) is 7.35. The predicted molar refractivity (Wildman–Crippen MR) is 199 cm³/mol. The first-order valence-electron chi connectivity index (χ1n) is 17.5. The lowest BCUT2D eigenvalue weighted by Crippen LogP contribution is -2.05. The third-order valence-electron chi connectivity index (χ3n) is 9.44. The zero-order chi connectivity index (χ0) is 33.2. The van der Waals surface area contributed by atoms with Crippen molar-refractivity contribution >= 4 is 21.8 Å². The number of hydrogen-bond donors (Lipinski definition) is 0. The van der Waals surface area contributed by atoms with Crippen LogP contribution in [0.1, 0.15) is 68.4 Å². The van der Waals surface area contributed by atoms with E-state index >= 15 is 0 Å². The van der Waals surface area contributed by atoms with Crippen molar-refractivity contribution in [1.82, 2.24) is 19.3 Å². The van der Waals surface area contributed by atoms with Gasteiger partial charge in [0, 0.05) is 40.9 Å². The van der Waals surface area contributed by atoms with E-state index in [-0.39, 0.29) is 0 Å². The van der Waals surface area contributed by atoms with Crippen molar-refractivity contribution in [2.45, 2.75) is 73.1 Å². The Morgan fingerprint density at radius 2 is 1.42 bits per heavy atom. The van der Waals surface area contributed by atoms with E-state index in [2.05, 4.69) is 112 Å². The number of rotatable bonds is 11. The van der Waals surface area contributed by atoms with Gasteiger partial charge in [0.25, 0.3) is 0 Å². The van der Waals surface area contributed by atoms with Crippen LogP contribution in [0.5, 0.6) is 11.5 Å². The van der Waals surface area contributed by atoms with Crippen LogP contribution in [0.25, 0.3) is 44.4 Å². The molecule has 5 nitrogen and oxygen atoms in total. The maximum absolute atomic E-state index is 6.53. The lowest BCUT2D eigenvalue weighted by Gasteiger charge is -2.21. The Balaban J connectivity index is 1.25. The first-order valence-corrected chi connectivity index (χ1v) is 17.5. The summed E-state index contributed by atoms with van der Waals surface area (Å²) in [4.78, 5) is 4.73. The van der Waals surface area contributed by atoms with Gasteiger partial charge in [-0.05, 0) is 108 Å². The lowest BCUT2D eigenvalue weighted by molar-refractivity contribution is 0.483. The largest absolute Gasteiger partial charge is 0.457 e. The van der Waals surface area contributed by atoms with E-state index in [9.17, 15) is 0 Å². The molecule has 48 heavy (non-hydrogen) atoms. The second kappa shape index (κ2) is 13.5. The standard InChI is InChI=1S/C43H44N4O/c1-6-13-30-24-31(14-7-2)37(9-4)43(36(30)8-3)32-27-45-46(28-32)33-15-12-16-34(25-33)48-35-19-20-39-38-17-10-11-18-40(38)47(41(39)26-35)42-23-29(5)21-22-44-42/h10-12,15-28H,6-9,13-14H2,1-5H3. The van der Waals surface area contributed by atoms with Gasteiger partial charge in [-0.25, -0.2) is 9.67 Å². The van der Waals surface area contributed by atoms with Crippen LogP contribution in [0, 0.1) is 6.92 Å². The van der Waals surface area contributed by atoms with Crippen molar-refractivity contribution in [2.24, 2.45) is 0 Å². The third-order valence-corrected chi connectivity index (χ3v) is 9.44. The zero-order valence-corrected chi connectivity index (χ0v) is 28.8. The van der Waals surface area contributed by atoms with E-state index in [1.807, 2.05) is 35.3 Å². The number of fused-ring (bicyclic) bond motifs is 3. The molecule has 5 heteroatoms. The van der Waals surface area contributed by atoms with Crippen LogP contribution in [0.4, 0.5) is 0 Å². The van der Waals surface area contributed by atoms with Crippen molar-refractivity contribution < 1.29 is 4.74 Å². The van der Waals surface area contributed by atoms with E-state index < -0.39 is 0 Å². The molecule has 0 bridgehead atoms. The Kier molecular flexibility index (Phi) is 8.86. The number of para-hydroxylation sites is 1. The molecule has 3 aromatic heterocycles. The fraction of sp³-hybridized carbons (Fsp3) is 0.256. The van der Waals surface area contributed by atoms with Crippen LogP contribution in [0.2, 0.25) is 0 Å². The molecular weight excluding hydrogens is 589 g/mol. The summed E-state index contributed by atoms with van der Waals surface area (Å²) in [6.45, 7) is 11.2. The van der Waals surface area contributed by atoms with E-state index in [1.165, 1.54) is 49.7 Å². The quantitative estimate of drug-likeness (QED) is 0.143. The average Bonchev–Trinajstić information content (AvgIpc) is 3.72. The molecule has 7 rings (SSSR count). The molecule has 3 heterocycles. The second-order valence-corrected chi connectivity index (χ2v) is 12.7. The summed E-state index contributed by atoms with van der Waals surface area (Å²) >= 11 is 0. The number of aromatic nitrogens is 4. The molecule has 4 aromatic carbocycles. The maximum Gasteiger partial charge on any atom is 0.137 e. The summed E-state index contributed by atoms with van der Waals surface area (Å²) in [5, 5.41) is 7.24. The number of nitrogens with zero attached hydrogens (tertiary/aromatic N) is 4. The predicted octanol–water partition coefficient (Wildman–Crippen LogP) is 11.2. The van der Waals surface area contributed by atoms with Crippen molar-refractivity contribution in [3.8, 4) is 34.1 Å². The Bertz CT molecular complexity index is 2210. The Labute approximate surface area is 283 Å². The SMILES string of the molecule is CCCc1cc(CCC)c(CC)c(-c2cnn(-c3cccc(Oc4ccc5c6ccccc6n(-c6cc(C)ccn6)c5c4)c3)c2)c1CC. The van der Waals surface area contributed by atoms with Gasteiger partial charge in [-0.3, -0.25) is 4.57 Å². The van der Waals surface area contributed by atoms with Crippen LogP contribution in [-0.4, -0.2) is 19.3 Å². The number of ether oxygens (including phenoxy) is 1. The topological polar surface area (TPSA) is 44.9 Å². The van der Waals surface area contributed by atoms with E-state index in [4.69, 9.17) is 14.8 Å². The summed E-state index contributed by atoms with van der Waals surface area (Å²) < 4.78 is 10.7. The van der Waals surface area contributed by atoms with Crippen molar-refractivity contribution in [1.29, 1.82) is 0 Å². The summed E-state index contributed by atoms with van der Waals surface area (Å²) in [5.74, 6) is 2.43. The van der Waals surface area contributed by atoms with E-state index in [0.717, 1.165) is 72.6 Å². The van der Waals surface area contributed by atoms with Crippen LogP contribution < -0.4 is 4.74 Å². The highest BCUT2D eigenvalue weighted by atomic mass is 16.5. The van der Waals surface area contributed by atoms with E-state index in [1.54, 1.807) is 0 Å². The van der Waals surface area contributed by atoms with Crippen molar-refractivity contribution in [3.05, 3.63) is 131 Å². The molecule has 0 N–H and O–H groups in total. The molecule has 0 fully saturated rings. The molecule has 0 aliphatic heterocycles. The first-order chi connectivity index (χ1) is 23.5. The molecule has 0 unspecified atom stereocenters. The fourth-order valence-electron chi connectivity index (χ4n) is 7.35.